The van der Waals surface area contributed by atoms with Crippen molar-refractivity contribution in [3.8, 4) is 11.5 Å². The SMILES string of the molecule is CN(CCCCc1cccs1)CCCN1Cc2cc3c(cc2C1=O)OCO3. The Morgan fingerprint density at radius 2 is 1.96 bits per heavy atom. The number of amides is 1. The number of carbonyl (C=O) groups is 1. The molecule has 0 saturated carbocycles. The number of benzene rings is 1. The highest BCUT2D eigenvalue weighted by Crippen LogP contribution is 2.38. The Bertz CT molecular complexity index is 791. The number of rotatable bonds is 9. The Kier molecular flexibility index (Phi) is 5.64. The van der Waals surface area contributed by atoms with Gasteiger partial charge in [0.1, 0.15) is 0 Å². The van der Waals surface area contributed by atoms with Crippen molar-refractivity contribution in [2.75, 3.05) is 33.5 Å². The largest absolute Gasteiger partial charge is 0.454 e. The van der Waals surface area contributed by atoms with Gasteiger partial charge in [-0.05, 0) is 75.0 Å². The first-order valence-electron chi connectivity index (χ1n) is 9.63. The van der Waals surface area contributed by atoms with Crippen molar-refractivity contribution in [1.82, 2.24) is 9.80 Å². The second kappa shape index (κ2) is 8.31. The summed E-state index contributed by atoms with van der Waals surface area (Å²) in [5, 5.41) is 2.15. The average molecular weight is 387 g/mol. The molecule has 0 bridgehead atoms. The van der Waals surface area contributed by atoms with Crippen LogP contribution in [0.1, 0.15) is 40.1 Å². The zero-order valence-electron chi connectivity index (χ0n) is 15.8. The molecule has 0 aliphatic carbocycles. The predicted octanol–water partition coefficient (Wildman–Crippen LogP) is 3.78. The van der Waals surface area contributed by atoms with Crippen molar-refractivity contribution >= 4 is 17.2 Å². The zero-order valence-corrected chi connectivity index (χ0v) is 16.6. The lowest BCUT2D eigenvalue weighted by Gasteiger charge is -2.20. The van der Waals surface area contributed by atoms with Gasteiger partial charge >= 0.3 is 0 Å². The van der Waals surface area contributed by atoms with E-state index >= 15 is 0 Å². The Balaban J connectivity index is 1.17. The van der Waals surface area contributed by atoms with Crippen LogP contribution in [-0.2, 0) is 13.0 Å². The Labute approximate surface area is 164 Å². The lowest BCUT2D eigenvalue weighted by molar-refractivity contribution is 0.0771. The summed E-state index contributed by atoms with van der Waals surface area (Å²) in [4.78, 5) is 18.4. The van der Waals surface area contributed by atoms with Gasteiger partial charge in [-0.25, -0.2) is 0 Å². The van der Waals surface area contributed by atoms with E-state index in [-0.39, 0.29) is 12.7 Å². The van der Waals surface area contributed by atoms with Gasteiger partial charge in [-0.15, -0.1) is 11.3 Å². The second-order valence-corrected chi connectivity index (χ2v) is 8.31. The first-order valence-corrected chi connectivity index (χ1v) is 10.5. The second-order valence-electron chi connectivity index (χ2n) is 7.28. The topological polar surface area (TPSA) is 42.0 Å². The maximum atomic E-state index is 12.6. The summed E-state index contributed by atoms with van der Waals surface area (Å²) in [6, 6.07) is 8.12. The Morgan fingerprint density at radius 1 is 1.15 bits per heavy atom. The van der Waals surface area contributed by atoms with Crippen molar-refractivity contribution in [2.24, 2.45) is 0 Å². The van der Waals surface area contributed by atoms with Gasteiger partial charge in [0.2, 0.25) is 6.79 Å². The van der Waals surface area contributed by atoms with Gasteiger partial charge in [-0.3, -0.25) is 4.79 Å². The van der Waals surface area contributed by atoms with Crippen LogP contribution >= 0.6 is 11.3 Å². The van der Waals surface area contributed by atoms with Crippen LogP contribution in [0.15, 0.2) is 29.6 Å². The minimum atomic E-state index is 0.113. The molecule has 0 radical (unpaired) electrons. The van der Waals surface area contributed by atoms with E-state index in [4.69, 9.17) is 9.47 Å². The van der Waals surface area contributed by atoms with E-state index < -0.39 is 0 Å². The fraction of sp³-hybridized carbons (Fsp3) is 0.476. The fourth-order valence-corrected chi connectivity index (χ4v) is 4.47. The molecule has 3 heterocycles. The van der Waals surface area contributed by atoms with Crippen LogP contribution in [0.25, 0.3) is 0 Å². The van der Waals surface area contributed by atoms with Crippen molar-refractivity contribution < 1.29 is 14.3 Å². The number of carbonyl (C=O) groups excluding carboxylic acids is 1. The third-order valence-corrected chi connectivity index (χ3v) is 6.17. The van der Waals surface area contributed by atoms with Crippen LogP contribution in [0.2, 0.25) is 0 Å². The summed E-state index contributed by atoms with van der Waals surface area (Å²) in [6.45, 7) is 3.84. The van der Waals surface area contributed by atoms with Crippen molar-refractivity contribution in [1.29, 1.82) is 0 Å². The lowest BCUT2D eigenvalue weighted by Crippen LogP contribution is -2.29. The highest BCUT2D eigenvalue weighted by Gasteiger charge is 2.30. The number of aryl methyl sites for hydroxylation is 1. The van der Waals surface area contributed by atoms with Crippen LogP contribution in [0.5, 0.6) is 11.5 Å². The molecular formula is C21H26N2O3S. The van der Waals surface area contributed by atoms with E-state index in [0.29, 0.717) is 12.3 Å². The molecule has 27 heavy (non-hydrogen) atoms. The van der Waals surface area contributed by atoms with E-state index in [1.807, 2.05) is 28.4 Å². The molecule has 4 rings (SSSR count). The highest BCUT2D eigenvalue weighted by atomic mass is 32.1. The van der Waals surface area contributed by atoms with Crippen LogP contribution in [0, 0.1) is 0 Å². The van der Waals surface area contributed by atoms with Gasteiger partial charge < -0.3 is 19.3 Å². The lowest BCUT2D eigenvalue weighted by atomic mass is 10.1. The summed E-state index contributed by atoms with van der Waals surface area (Å²) < 4.78 is 10.8. The molecular weight excluding hydrogens is 360 g/mol. The first kappa shape index (κ1) is 18.3. The molecule has 1 aromatic heterocycles. The molecule has 2 aliphatic rings. The number of fused-ring (bicyclic) bond motifs is 2. The van der Waals surface area contributed by atoms with Crippen LogP contribution in [-0.4, -0.2) is 49.2 Å². The number of nitrogens with zero attached hydrogens (tertiary/aromatic N) is 2. The molecule has 0 N–H and O–H groups in total. The summed E-state index contributed by atoms with van der Waals surface area (Å²) in [5.74, 6) is 1.55. The molecule has 6 heteroatoms. The third-order valence-electron chi connectivity index (χ3n) is 5.24. The molecule has 0 saturated heterocycles. The maximum Gasteiger partial charge on any atom is 0.254 e. The third kappa shape index (κ3) is 4.28. The number of hydrogen-bond donors (Lipinski definition) is 0. The summed E-state index contributed by atoms with van der Waals surface area (Å²) in [6.07, 6.45) is 4.63. The molecule has 2 aliphatic heterocycles. The van der Waals surface area contributed by atoms with Crippen LogP contribution in [0.4, 0.5) is 0 Å². The molecule has 2 aromatic rings. The van der Waals surface area contributed by atoms with Gasteiger partial charge in [-0.2, -0.15) is 0 Å². The molecule has 0 fully saturated rings. The van der Waals surface area contributed by atoms with Crippen molar-refractivity contribution in [3.63, 3.8) is 0 Å². The van der Waals surface area contributed by atoms with Gasteiger partial charge in [-0.1, -0.05) is 6.07 Å². The van der Waals surface area contributed by atoms with Crippen LogP contribution < -0.4 is 9.47 Å². The first-order chi connectivity index (χ1) is 13.2. The quantitative estimate of drug-likeness (QED) is 0.615. The number of thiophene rings is 1. The molecule has 1 amide bonds. The maximum absolute atomic E-state index is 12.6. The normalized spacial score (nSPS) is 15.0. The molecule has 144 valence electrons. The van der Waals surface area contributed by atoms with E-state index in [1.54, 1.807) is 0 Å². The monoisotopic (exact) mass is 386 g/mol. The average Bonchev–Trinajstić information content (AvgIpc) is 3.39. The highest BCUT2D eigenvalue weighted by molar-refractivity contribution is 7.09. The number of unbranched alkanes of at least 4 members (excludes halogenated alkanes) is 1. The molecule has 1 aromatic carbocycles. The number of hydrogen-bond acceptors (Lipinski definition) is 5. The van der Waals surface area contributed by atoms with E-state index in [2.05, 4.69) is 29.5 Å². The summed E-state index contributed by atoms with van der Waals surface area (Å²) in [5.41, 5.74) is 1.81. The number of ether oxygens (including phenoxy) is 2. The van der Waals surface area contributed by atoms with Crippen molar-refractivity contribution in [2.45, 2.75) is 32.2 Å². The molecule has 0 spiro atoms. The molecule has 0 unspecified atom stereocenters. The standard InChI is InChI=1S/C21H26N2O3S/c1-22(8-3-2-6-17-7-4-11-27-17)9-5-10-23-14-16-12-19-20(26-15-25-19)13-18(16)21(23)24/h4,7,11-13H,2-3,5-6,8-10,14-15H2,1H3. The van der Waals surface area contributed by atoms with Gasteiger partial charge in [0, 0.05) is 23.5 Å². The Morgan fingerprint density at radius 3 is 2.78 bits per heavy atom. The zero-order chi connectivity index (χ0) is 18.6. The van der Waals surface area contributed by atoms with Gasteiger partial charge in [0.25, 0.3) is 5.91 Å². The van der Waals surface area contributed by atoms with Gasteiger partial charge in [0.15, 0.2) is 11.5 Å². The molecule has 5 nitrogen and oxygen atoms in total. The fourth-order valence-electron chi connectivity index (χ4n) is 3.72. The van der Waals surface area contributed by atoms with Gasteiger partial charge in [0.05, 0.1) is 0 Å². The van der Waals surface area contributed by atoms with E-state index in [0.717, 1.165) is 42.9 Å². The van der Waals surface area contributed by atoms with E-state index in [1.165, 1.54) is 24.1 Å². The van der Waals surface area contributed by atoms with Crippen molar-refractivity contribution in [3.05, 3.63) is 45.6 Å². The predicted molar refractivity (Wildman–Crippen MR) is 107 cm³/mol. The minimum absolute atomic E-state index is 0.113. The minimum Gasteiger partial charge on any atom is -0.454 e. The summed E-state index contributed by atoms with van der Waals surface area (Å²) >= 11 is 1.84. The molecule has 0 atom stereocenters. The van der Waals surface area contributed by atoms with E-state index in [9.17, 15) is 4.79 Å². The smallest absolute Gasteiger partial charge is 0.254 e. The van der Waals surface area contributed by atoms with Crippen LogP contribution in [0.3, 0.4) is 0 Å². The Hall–Kier alpha value is -2.05. The summed E-state index contributed by atoms with van der Waals surface area (Å²) in [7, 11) is 2.17.